The van der Waals surface area contributed by atoms with Gasteiger partial charge in [-0.3, -0.25) is 9.59 Å². The van der Waals surface area contributed by atoms with Crippen LogP contribution < -0.4 is 0 Å². The SMILES string of the molecule is CCCCCCCCC1CC(CCCCCCC(=O)O)C(CCCCCCC(=O)O)CC1CCCCCCCC. The quantitative estimate of drug-likeness (QED) is 0.0927. The number of unbranched alkanes of at least 4 members (excludes halogenated alkanes) is 16. The molecule has 0 radical (unpaired) electrons. The fourth-order valence-corrected chi connectivity index (χ4v) is 7.41. The third-order valence-electron chi connectivity index (χ3n) is 9.83. The monoisotopic (exact) mass is 565 g/mol. The van der Waals surface area contributed by atoms with Crippen molar-refractivity contribution in [2.24, 2.45) is 23.7 Å². The lowest BCUT2D eigenvalue weighted by atomic mass is 9.63. The van der Waals surface area contributed by atoms with E-state index in [1.54, 1.807) is 0 Å². The third kappa shape index (κ3) is 19.9. The van der Waals surface area contributed by atoms with E-state index >= 15 is 0 Å². The molecule has 0 saturated heterocycles. The molecule has 236 valence electrons. The summed E-state index contributed by atoms with van der Waals surface area (Å²) >= 11 is 0. The number of rotatable bonds is 28. The molecule has 2 N–H and O–H groups in total. The zero-order valence-corrected chi connectivity index (χ0v) is 26.8. The molecule has 1 aliphatic rings. The highest BCUT2D eigenvalue weighted by Crippen LogP contribution is 2.46. The van der Waals surface area contributed by atoms with Crippen LogP contribution in [0, 0.1) is 23.7 Å². The molecule has 0 aromatic carbocycles. The first-order valence-corrected chi connectivity index (χ1v) is 17.9. The lowest BCUT2D eigenvalue weighted by Gasteiger charge is -2.42. The van der Waals surface area contributed by atoms with Crippen LogP contribution in [0.1, 0.15) is 194 Å². The Hall–Kier alpha value is -1.06. The smallest absolute Gasteiger partial charge is 0.303 e. The summed E-state index contributed by atoms with van der Waals surface area (Å²) in [4.78, 5) is 21.7. The minimum atomic E-state index is -0.662. The number of carboxylic acids is 2. The topological polar surface area (TPSA) is 74.6 Å². The number of carboxylic acid groups (broad SMARTS) is 2. The number of carbonyl (C=O) groups is 2. The molecule has 1 rings (SSSR count). The summed E-state index contributed by atoms with van der Waals surface area (Å²) in [6.45, 7) is 4.60. The van der Waals surface area contributed by atoms with E-state index < -0.39 is 11.9 Å². The summed E-state index contributed by atoms with van der Waals surface area (Å²) in [6, 6.07) is 0. The maximum atomic E-state index is 10.9. The van der Waals surface area contributed by atoms with Crippen LogP contribution >= 0.6 is 0 Å². The minimum absolute atomic E-state index is 0.314. The van der Waals surface area contributed by atoms with Crippen molar-refractivity contribution >= 4 is 11.9 Å². The van der Waals surface area contributed by atoms with E-state index in [1.165, 1.54) is 141 Å². The van der Waals surface area contributed by atoms with Crippen molar-refractivity contribution in [2.75, 3.05) is 0 Å². The van der Waals surface area contributed by atoms with Gasteiger partial charge in [0.15, 0.2) is 0 Å². The van der Waals surface area contributed by atoms with Crippen LogP contribution in [0.5, 0.6) is 0 Å². The van der Waals surface area contributed by atoms with Gasteiger partial charge in [0.05, 0.1) is 0 Å². The van der Waals surface area contributed by atoms with Crippen LogP contribution in [0.15, 0.2) is 0 Å². The molecule has 4 atom stereocenters. The first kappa shape index (κ1) is 37.0. The van der Waals surface area contributed by atoms with E-state index in [2.05, 4.69) is 13.8 Å². The fraction of sp³-hybridized carbons (Fsp3) is 0.944. The second-order valence-corrected chi connectivity index (χ2v) is 13.3. The molecular weight excluding hydrogens is 496 g/mol. The maximum Gasteiger partial charge on any atom is 0.303 e. The highest BCUT2D eigenvalue weighted by molar-refractivity contribution is 5.66. The second-order valence-electron chi connectivity index (χ2n) is 13.3. The summed E-state index contributed by atoms with van der Waals surface area (Å²) in [5, 5.41) is 17.9. The van der Waals surface area contributed by atoms with Crippen molar-refractivity contribution in [1.82, 2.24) is 0 Å². The number of hydrogen-bond donors (Lipinski definition) is 2. The Kier molecular flexibility index (Phi) is 23.7. The standard InChI is InChI=1S/C36H68O4/c1-3-5-7-9-11-17-23-31-29-33(25-19-13-15-21-27-35(37)38)34(26-20-14-16-22-28-36(39)40)30-32(31)24-18-12-10-8-6-4-2/h31-34H,3-30H2,1-2H3,(H,37,38)(H,39,40). The number of aliphatic carboxylic acids is 2. The fourth-order valence-electron chi connectivity index (χ4n) is 7.41. The molecule has 0 spiro atoms. The molecule has 1 fully saturated rings. The van der Waals surface area contributed by atoms with Gasteiger partial charge in [-0.2, -0.15) is 0 Å². The summed E-state index contributed by atoms with van der Waals surface area (Å²) < 4.78 is 0. The van der Waals surface area contributed by atoms with Crippen molar-refractivity contribution in [3.05, 3.63) is 0 Å². The zero-order chi connectivity index (χ0) is 29.3. The van der Waals surface area contributed by atoms with Crippen molar-refractivity contribution in [2.45, 2.75) is 194 Å². The van der Waals surface area contributed by atoms with E-state index in [4.69, 9.17) is 10.2 Å². The maximum absolute atomic E-state index is 10.9. The molecule has 0 aromatic heterocycles. The Bertz CT molecular complexity index is 552. The van der Waals surface area contributed by atoms with Crippen molar-refractivity contribution in [3.63, 3.8) is 0 Å². The average Bonchev–Trinajstić information content (AvgIpc) is 2.92. The molecular formula is C36H68O4. The van der Waals surface area contributed by atoms with Gasteiger partial charge in [0.1, 0.15) is 0 Å². The predicted molar refractivity (Wildman–Crippen MR) is 170 cm³/mol. The Labute approximate surface area is 248 Å². The zero-order valence-electron chi connectivity index (χ0n) is 26.8. The first-order chi connectivity index (χ1) is 19.5. The van der Waals surface area contributed by atoms with Crippen LogP contribution in [0.4, 0.5) is 0 Å². The normalized spacial score (nSPS) is 21.1. The van der Waals surface area contributed by atoms with Gasteiger partial charge in [0.25, 0.3) is 0 Å². The lowest BCUT2D eigenvalue weighted by molar-refractivity contribution is -0.138. The summed E-state index contributed by atoms with van der Waals surface area (Å²) in [5.74, 6) is 2.17. The Balaban J connectivity index is 2.68. The molecule has 1 aliphatic carbocycles. The van der Waals surface area contributed by atoms with E-state index in [-0.39, 0.29) is 0 Å². The van der Waals surface area contributed by atoms with Gasteiger partial charge in [-0.05, 0) is 49.4 Å². The van der Waals surface area contributed by atoms with Crippen LogP contribution in [-0.2, 0) is 9.59 Å². The first-order valence-electron chi connectivity index (χ1n) is 17.9. The molecule has 40 heavy (non-hydrogen) atoms. The van der Waals surface area contributed by atoms with E-state index in [9.17, 15) is 9.59 Å². The van der Waals surface area contributed by atoms with Crippen molar-refractivity contribution in [1.29, 1.82) is 0 Å². The molecule has 0 bridgehead atoms. The largest absolute Gasteiger partial charge is 0.481 e. The van der Waals surface area contributed by atoms with Crippen LogP contribution in [0.3, 0.4) is 0 Å². The Morgan fingerprint density at radius 2 is 0.675 bits per heavy atom. The highest BCUT2D eigenvalue weighted by Gasteiger charge is 2.35. The van der Waals surface area contributed by atoms with Crippen LogP contribution in [0.2, 0.25) is 0 Å². The average molecular weight is 565 g/mol. The van der Waals surface area contributed by atoms with Crippen LogP contribution in [0.25, 0.3) is 0 Å². The van der Waals surface area contributed by atoms with Gasteiger partial charge < -0.3 is 10.2 Å². The molecule has 0 aliphatic heterocycles. The van der Waals surface area contributed by atoms with E-state index in [0.717, 1.165) is 49.4 Å². The Morgan fingerprint density at radius 3 is 0.950 bits per heavy atom. The van der Waals surface area contributed by atoms with E-state index in [0.29, 0.717) is 12.8 Å². The summed E-state index contributed by atoms with van der Waals surface area (Å²) in [6.07, 6.45) is 34.3. The molecule has 1 saturated carbocycles. The van der Waals surface area contributed by atoms with Gasteiger partial charge in [-0.15, -0.1) is 0 Å². The molecule has 0 aromatic rings. The highest BCUT2D eigenvalue weighted by atomic mass is 16.4. The molecule has 4 heteroatoms. The van der Waals surface area contributed by atoms with Crippen molar-refractivity contribution in [3.8, 4) is 0 Å². The second kappa shape index (κ2) is 25.6. The van der Waals surface area contributed by atoms with Gasteiger partial charge >= 0.3 is 11.9 Å². The van der Waals surface area contributed by atoms with Gasteiger partial charge in [0, 0.05) is 12.8 Å². The number of hydrogen-bond acceptors (Lipinski definition) is 2. The van der Waals surface area contributed by atoms with Gasteiger partial charge in [0.2, 0.25) is 0 Å². The molecule has 0 amide bonds. The van der Waals surface area contributed by atoms with Gasteiger partial charge in [-0.25, -0.2) is 0 Å². The predicted octanol–water partition coefficient (Wildman–Crippen LogP) is 11.6. The van der Waals surface area contributed by atoms with Crippen molar-refractivity contribution < 1.29 is 19.8 Å². The lowest BCUT2D eigenvalue weighted by Crippen LogP contribution is -2.32. The van der Waals surface area contributed by atoms with Gasteiger partial charge in [-0.1, -0.05) is 155 Å². The molecule has 4 nitrogen and oxygen atoms in total. The van der Waals surface area contributed by atoms with Crippen LogP contribution in [-0.4, -0.2) is 22.2 Å². The third-order valence-corrected chi connectivity index (χ3v) is 9.83. The molecule has 4 unspecified atom stereocenters. The minimum Gasteiger partial charge on any atom is -0.481 e. The molecule has 0 heterocycles. The van der Waals surface area contributed by atoms with E-state index in [1.807, 2.05) is 0 Å². The summed E-state index contributed by atoms with van der Waals surface area (Å²) in [5.41, 5.74) is 0. The Morgan fingerprint density at radius 1 is 0.425 bits per heavy atom. The summed E-state index contributed by atoms with van der Waals surface area (Å²) in [7, 11) is 0.